The van der Waals surface area contributed by atoms with Crippen molar-refractivity contribution >= 4 is 6.09 Å². The molecular formula is C11H13NO6. The SMILES string of the molecule is COC(=O)NCOc1ccc(COO)cc1.[C-]#[O+]. The van der Waals surface area contributed by atoms with E-state index in [2.05, 4.69) is 21.6 Å². The second-order valence-corrected chi connectivity index (χ2v) is 2.87. The predicted molar refractivity (Wildman–Crippen MR) is 58.8 cm³/mol. The van der Waals surface area contributed by atoms with Gasteiger partial charge >= 0.3 is 17.4 Å². The molecule has 0 bridgehead atoms. The van der Waals surface area contributed by atoms with Crippen LogP contribution >= 0.6 is 0 Å². The first kappa shape index (κ1) is 16.0. The van der Waals surface area contributed by atoms with Crippen molar-refractivity contribution in [1.82, 2.24) is 5.32 Å². The molecule has 0 radical (unpaired) electrons. The number of amides is 1. The molecule has 0 atom stereocenters. The summed E-state index contributed by atoms with van der Waals surface area (Å²) in [6.07, 6.45) is -0.551. The van der Waals surface area contributed by atoms with Crippen LogP contribution in [0, 0.1) is 6.65 Å². The Balaban J connectivity index is 0.00000137. The molecule has 1 rings (SSSR count). The fraction of sp³-hybridized carbons (Fsp3) is 0.273. The third-order valence-corrected chi connectivity index (χ3v) is 1.80. The average molecular weight is 255 g/mol. The van der Waals surface area contributed by atoms with E-state index in [1.807, 2.05) is 0 Å². The topological polar surface area (TPSA) is 96.9 Å². The summed E-state index contributed by atoms with van der Waals surface area (Å²) < 4.78 is 17.1. The fourth-order valence-electron chi connectivity index (χ4n) is 1.01. The van der Waals surface area contributed by atoms with E-state index in [-0.39, 0.29) is 13.3 Å². The molecule has 0 fully saturated rings. The molecule has 0 spiro atoms. The van der Waals surface area contributed by atoms with E-state index in [0.29, 0.717) is 5.75 Å². The predicted octanol–water partition coefficient (Wildman–Crippen LogP) is 1.33. The number of carbonyl (C=O) groups is 1. The first-order chi connectivity index (χ1) is 8.76. The molecule has 0 heterocycles. The molecule has 0 aliphatic heterocycles. The second-order valence-electron chi connectivity index (χ2n) is 2.87. The Labute approximate surface area is 104 Å². The summed E-state index contributed by atoms with van der Waals surface area (Å²) in [5.74, 6) is 0.595. The molecule has 0 saturated heterocycles. The monoisotopic (exact) mass is 255 g/mol. The Bertz CT molecular complexity index is 362. The van der Waals surface area contributed by atoms with Crippen molar-refractivity contribution in [2.24, 2.45) is 0 Å². The van der Waals surface area contributed by atoms with Crippen LogP contribution in [-0.4, -0.2) is 25.2 Å². The molecule has 0 aliphatic carbocycles. The number of hydrogen-bond acceptors (Lipinski definition) is 5. The molecule has 2 N–H and O–H groups in total. The van der Waals surface area contributed by atoms with E-state index in [9.17, 15) is 4.79 Å². The number of methoxy groups -OCH3 is 1. The summed E-state index contributed by atoms with van der Waals surface area (Å²) in [7, 11) is 1.28. The Morgan fingerprint density at radius 3 is 2.50 bits per heavy atom. The van der Waals surface area contributed by atoms with E-state index in [1.54, 1.807) is 24.3 Å². The van der Waals surface area contributed by atoms with Gasteiger partial charge in [-0.25, -0.2) is 9.68 Å². The van der Waals surface area contributed by atoms with E-state index < -0.39 is 6.09 Å². The van der Waals surface area contributed by atoms with Crippen LogP contribution in [0.4, 0.5) is 4.79 Å². The summed E-state index contributed by atoms with van der Waals surface area (Å²) in [6.45, 7) is 4.66. The van der Waals surface area contributed by atoms with Gasteiger partial charge in [0.2, 0.25) is 0 Å². The average Bonchev–Trinajstić information content (AvgIpc) is 2.43. The van der Waals surface area contributed by atoms with Gasteiger partial charge in [-0.1, -0.05) is 12.1 Å². The molecule has 7 nitrogen and oxygen atoms in total. The van der Waals surface area contributed by atoms with Crippen LogP contribution in [0.3, 0.4) is 0 Å². The van der Waals surface area contributed by atoms with Gasteiger partial charge in [-0.2, -0.15) is 0 Å². The number of hydrogen-bond donors (Lipinski definition) is 2. The summed E-state index contributed by atoms with van der Waals surface area (Å²) >= 11 is 0. The molecule has 1 aromatic rings. The Morgan fingerprint density at radius 2 is 2.00 bits per heavy atom. The molecule has 18 heavy (non-hydrogen) atoms. The number of carbonyl (C=O) groups excluding carboxylic acids is 1. The Morgan fingerprint density at radius 1 is 1.39 bits per heavy atom. The van der Waals surface area contributed by atoms with Crippen LogP contribution in [-0.2, 0) is 20.9 Å². The quantitative estimate of drug-likeness (QED) is 0.272. The summed E-state index contributed by atoms with van der Waals surface area (Å²) in [6, 6.07) is 6.88. The first-order valence-electron chi connectivity index (χ1n) is 4.76. The Hall–Kier alpha value is -2.05. The van der Waals surface area contributed by atoms with Crippen LogP contribution in [0.1, 0.15) is 5.56 Å². The van der Waals surface area contributed by atoms with Crippen molar-refractivity contribution in [3.05, 3.63) is 36.5 Å². The third-order valence-electron chi connectivity index (χ3n) is 1.80. The van der Waals surface area contributed by atoms with Gasteiger partial charge in [0.15, 0.2) is 6.73 Å². The van der Waals surface area contributed by atoms with Gasteiger partial charge in [0.25, 0.3) is 0 Å². The molecular weight excluding hydrogens is 242 g/mol. The van der Waals surface area contributed by atoms with E-state index in [1.165, 1.54) is 7.11 Å². The van der Waals surface area contributed by atoms with Crippen molar-refractivity contribution < 1.29 is 29.1 Å². The van der Waals surface area contributed by atoms with Crippen LogP contribution in [0.5, 0.6) is 5.75 Å². The summed E-state index contributed by atoms with van der Waals surface area (Å²) in [5.41, 5.74) is 0.816. The Kier molecular flexibility index (Phi) is 8.97. The van der Waals surface area contributed by atoms with E-state index >= 15 is 0 Å². The number of alkyl carbamates (subject to hydrolysis) is 1. The number of nitrogens with one attached hydrogen (secondary N) is 1. The second kappa shape index (κ2) is 10.1. The van der Waals surface area contributed by atoms with Gasteiger partial charge in [0.05, 0.1) is 7.11 Å². The number of benzene rings is 1. The van der Waals surface area contributed by atoms with Gasteiger partial charge in [-0.15, -0.1) is 0 Å². The van der Waals surface area contributed by atoms with Gasteiger partial charge in [-0.05, 0) is 17.7 Å². The molecule has 7 heteroatoms. The molecule has 98 valence electrons. The van der Waals surface area contributed by atoms with Crippen molar-refractivity contribution in [2.75, 3.05) is 13.8 Å². The number of ether oxygens (including phenoxy) is 2. The zero-order valence-corrected chi connectivity index (χ0v) is 9.71. The summed E-state index contributed by atoms with van der Waals surface area (Å²) in [5, 5.41) is 10.6. The van der Waals surface area contributed by atoms with Crippen LogP contribution in [0.2, 0.25) is 0 Å². The van der Waals surface area contributed by atoms with Crippen LogP contribution < -0.4 is 10.1 Å². The van der Waals surface area contributed by atoms with Gasteiger partial charge in [0.1, 0.15) is 12.4 Å². The summed E-state index contributed by atoms with van der Waals surface area (Å²) in [4.78, 5) is 14.7. The van der Waals surface area contributed by atoms with Crippen LogP contribution in [0.15, 0.2) is 24.3 Å². The van der Waals surface area contributed by atoms with Gasteiger partial charge in [-0.3, -0.25) is 10.6 Å². The fourth-order valence-corrected chi connectivity index (χ4v) is 1.01. The minimum absolute atomic E-state index is 0.0303. The van der Waals surface area contributed by atoms with Crippen molar-refractivity contribution in [3.63, 3.8) is 0 Å². The zero-order chi connectivity index (χ0) is 13.8. The zero-order valence-electron chi connectivity index (χ0n) is 9.71. The van der Waals surface area contributed by atoms with Gasteiger partial charge in [0, 0.05) is 0 Å². The van der Waals surface area contributed by atoms with E-state index in [4.69, 9.17) is 14.6 Å². The maximum atomic E-state index is 10.7. The molecule has 0 aromatic heterocycles. The molecule has 0 saturated carbocycles. The van der Waals surface area contributed by atoms with Crippen LogP contribution in [0.25, 0.3) is 0 Å². The molecule has 1 aromatic carbocycles. The van der Waals surface area contributed by atoms with Gasteiger partial charge < -0.3 is 9.47 Å². The van der Waals surface area contributed by atoms with E-state index in [0.717, 1.165) is 5.56 Å². The van der Waals surface area contributed by atoms with Crippen molar-refractivity contribution in [3.8, 4) is 5.75 Å². The maximum absolute atomic E-state index is 10.7. The third kappa shape index (κ3) is 6.51. The molecule has 0 unspecified atom stereocenters. The minimum atomic E-state index is -0.551. The molecule has 1 amide bonds. The molecule has 0 aliphatic rings. The first-order valence-corrected chi connectivity index (χ1v) is 4.76. The van der Waals surface area contributed by atoms with Crippen molar-refractivity contribution in [2.45, 2.75) is 6.61 Å². The number of rotatable bonds is 5. The normalized spacial score (nSPS) is 8.67. The van der Waals surface area contributed by atoms with Crippen molar-refractivity contribution in [1.29, 1.82) is 0 Å². The standard InChI is InChI=1S/C10H13NO5.CO/c1-14-10(12)11-7-15-9-4-2-8(3-5-9)6-16-13;1-2/h2-5,13H,6-7H2,1H3,(H,11,12);.